The Morgan fingerprint density at radius 1 is 1.15 bits per heavy atom. The highest BCUT2D eigenvalue weighted by Gasteiger charge is 2.52. The van der Waals surface area contributed by atoms with E-state index in [4.69, 9.17) is 5.11 Å². The standard InChI is InChI=1S/C8H15NO4/c10-3-4-7(12)8(13)6-5(11)1-2-9(4)6/h4-8,10-13H,1-3H2/t4-,5+,6+,7+,8+/m0/s1. The molecule has 13 heavy (non-hydrogen) atoms. The van der Waals surface area contributed by atoms with Gasteiger partial charge in [-0.05, 0) is 6.42 Å². The lowest BCUT2D eigenvalue weighted by Gasteiger charge is -2.22. The third kappa shape index (κ3) is 1.19. The molecule has 0 aromatic heterocycles. The van der Waals surface area contributed by atoms with Crippen molar-refractivity contribution in [2.45, 2.75) is 36.8 Å². The maximum Gasteiger partial charge on any atom is 0.0995 e. The van der Waals surface area contributed by atoms with Crippen molar-refractivity contribution in [2.75, 3.05) is 13.2 Å². The molecule has 0 amide bonds. The van der Waals surface area contributed by atoms with Gasteiger partial charge in [0.25, 0.3) is 0 Å². The number of rotatable bonds is 1. The Morgan fingerprint density at radius 2 is 1.85 bits per heavy atom. The predicted molar refractivity (Wildman–Crippen MR) is 44.0 cm³/mol. The predicted octanol–water partition coefficient (Wildman–Crippen LogP) is -2.48. The first kappa shape index (κ1) is 9.36. The second-order valence-electron chi connectivity index (χ2n) is 3.82. The fraction of sp³-hybridized carbons (Fsp3) is 1.00. The van der Waals surface area contributed by atoms with Crippen molar-refractivity contribution < 1.29 is 20.4 Å². The Labute approximate surface area is 76.2 Å². The molecule has 2 aliphatic heterocycles. The Bertz CT molecular complexity index is 201. The fourth-order valence-electron chi connectivity index (χ4n) is 2.47. The number of hydrogen-bond acceptors (Lipinski definition) is 5. The van der Waals surface area contributed by atoms with Crippen molar-refractivity contribution >= 4 is 0 Å². The molecule has 0 unspecified atom stereocenters. The van der Waals surface area contributed by atoms with Gasteiger partial charge in [0, 0.05) is 6.54 Å². The summed E-state index contributed by atoms with van der Waals surface area (Å²) in [7, 11) is 0. The number of fused-ring (bicyclic) bond motifs is 1. The smallest absolute Gasteiger partial charge is 0.0995 e. The number of nitrogens with zero attached hydrogens (tertiary/aromatic N) is 1. The van der Waals surface area contributed by atoms with Crippen LogP contribution in [-0.2, 0) is 0 Å². The summed E-state index contributed by atoms with van der Waals surface area (Å²) in [4.78, 5) is 1.79. The molecule has 4 N–H and O–H groups in total. The lowest BCUT2D eigenvalue weighted by molar-refractivity contribution is -0.000895. The lowest BCUT2D eigenvalue weighted by Crippen LogP contribution is -2.39. The van der Waals surface area contributed by atoms with Gasteiger partial charge in [0.2, 0.25) is 0 Å². The quantitative estimate of drug-likeness (QED) is 0.367. The van der Waals surface area contributed by atoms with Crippen LogP contribution < -0.4 is 0 Å². The van der Waals surface area contributed by atoms with Crippen LogP contribution in [0, 0.1) is 0 Å². The molecule has 5 atom stereocenters. The largest absolute Gasteiger partial charge is 0.395 e. The average molecular weight is 189 g/mol. The molecule has 2 aliphatic rings. The monoisotopic (exact) mass is 189 g/mol. The second kappa shape index (κ2) is 3.18. The van der Waals surface area contributed by atoms with Crippen LogP contribution in [0.15, 0.2) is 0 Å². The van der Waals surface area contributed by atoms with E-state index >= 15 is 0 Å². The van der Waals surface area contributed by atoms with E-state index in [1.54, 1.807) is 4.90 Å². The van der Waals surface area contributed by atoms with Gasteiger partial charge in [0.05, 0.1) is 37.0 Å². The Balaban J connectivity index is 2.19. The van der Waals surface area contributed by atoms with E-state index < -0.39 is 30.4 Å². The van der Waals surface area contributed by atoms with Gasteiger partial charge in [-0.1, -0.05) is 0 Å². The summed E-state index contributed by atoms with van der Waals surface area (Å²) < 4.78 is 0. The Hall–Kier alpha value is -0.200. The van der Waals surface area contributed by atoms with Crippen LogP contribution in [-0.4, -0.2) is 68.9 Å². The zero-order valence-electron chi connectivity index (χ0n) is 7.24. The normalized spacial score (nSPS) is 51.2. The molecule has 0 saturated carbocycles. The number of aliphatic hydroxyl groups excluding tert-OH is 4. The number of hydrogen-bond donors (Lipinski definition) is 4. The first-order chi connectivity index (χ1) is 6.16. The Morgan fingerprint density at radius 3 is 2.46 bits per heavy atom. The maximum atomic E-state index is 9.58. The zero-order valence-corrected chi connectivity index (χ0v) is 7.24. The molecule has 2 heterocycles. The minimum absolute atomic E-state index is 0.179. The van der Waals surface area contributed by atoms with E-state index in [0.717, 1.165) is 0 Å². The van der Waals surface area contributed by atoms with Crippen LogP contribution in [0.5, 0.6) is 0 Å². The molecule has 2 saturated heterocycles. The topological polar surface area (TPSA) is 84.2 Å². The van der Waals surface area contributed by atoms with Gasteiger partial charge in [-0.15, -0.1) is 0 Å². The summed E-state index contributed by atoms with van der Waals surface area (Å²) in [5.41, 5.74) is 0. The van der Waals surface area contributed by atoms with Crippen LogP contribution in [0.25, 0.3) is 0 Å². The summed E-state index contributed by atoms with van der Waals surface area (Å²) in [6.45, 7) is 0.451. The minimum atomic E-state index is -0.940. The van der Waals surface area contributed by atoms with Gasteiger partial charge >= 0.3 is 0 Å². The average Bonchev–Trinajstić information content (AvgIpc) is 2.57. The molecule has 0 aromatic carbocycles. The molecular weight excluding hydrogens is 174 g/mol. The molecule has 76 valence electrons. The summed E-state index contributed by atoms with van der Waals surface area (Å²) in [5.74, 6) is 0. The lowest BCUT2D eigenvalue weighted by atomic mass is 10.0. The van der Waals surface area contributed by atoms with Crippen molar-refractivity contribution in [3.8, 4) is 0 Å². The molecule has 0 bridgehead atoms. The molecule has 0 aromatic rings. The van der Waals surface area contributed by atoms with Crippen molar-refractivity contribution in [2.24, 2.45) is 0 Å². The molecule has 5 nitrogen and oxygen atoms in total. The van der Waals surface area contributed by atoms with Crippen molar-refractivity contribution in [3.05, 3.63) is 0 Å². The van der Waals surface area contributed by atoms with Crippen LogP contribution in [0.4, 0.5) is 0 Å². The number of aliphatic hydroxyl groups is 4. The summed E-state index contributed by atoms with van der Waals surface area (Å²) in [6, 6.07) is -0.815. The molecule has 5 heteroatoms. The first-order valence-corrected chi connectivity index (χ1v) is 4.57. The molecular formula is C8H15NO4. The third-order valence-corrected chi connectivity index (χ3v) is 3.17. The first-order valence-electron chi connectivity index (χ1n) is 4.57. The SMILES string of the molecule is OC[C@H]1[C@@H](O)[C@H](O)[C@H]2[C@H](O)CCN21. The molecule has 2 rings (SSSR count). The summed E-state index contributed by atoms with van der Waals surface area (Å²) >= 11 is 0. The highest BCUT2D eigenvalue weighted by atomic mass is 16.3. The highest BCUT2D eigenvalue weighted by molar-refractivity contribution is 5.06. The second-order valence-corrected chi connectivity index (χ2v) is 3.82. The van der Waals surface area contributed by atoms with Crippen LogP contribution in [0.1, 0.15) is 6.42 Å². The molecule has 0 spiro atoms. The van der Waals surface area contributed by atoms with E-state index in [0.29, 0.717) is 13.0 Å². The highest BCUT2D eigenvalue weighted by Crippen LogP contribution is 2.33. The van der Waals surface area contributed by atoms with Gasteiger partial charge in [-0.2, -0.15) is 0 Å². The van der Waals surface area contributed by atoms with Gasteiger partial charge in [0.1, 0.15) is 0 Å². The van der Waals surface area contributed by atoms with Gasteiger partial charge in [-0.25, -0.2) is 0 Å². The van der Waals surface area contributed by atoms with Crippen LogP contribution >= 0.6 is 0 Å². The van der Waals surface area contributed by atoms with Crippen molar-refractivity contribution in [3.63, 3.8) is 0 Å². The maximum absolute atomic E-state index is 9.58. The van der Waals surface area contributed by atoms with Crippen molar-refractivity contribution in [1.29, 1.82) is 0 Å². The van der Waals surface area contributed by atoms with E-state index in [2.05, 4.69) is 0 Å². The van der Waals surface area contributed by atoms with E-state index in [-0.39, 0.29) is 6.61 Å². The minimum Gasteiger partial charge on any atom is -0.395 e. The van der Waals surface area contributed by atoms with Crippen molar-refractivity contribution in [1.82, 2.24) is 4.90 Å². The molecule has 0 aliphatic carbocycles. The van der Waals surface area contributed by atoms with Gasteiger partial charge in [0.15, 0.2) is 0 Å². The summed E-state index contributed by atoms with van der Waals surface area (Å²) in [5, 5.41) is 37.6. The zero-order chi connectivity index (χ0) is 9.59. The van der Waals surface area contributed by atoms with E-state index in [9.17, 15) is 15.3 Å². The molecule has 2 fully saturated rings. The Kier molecular flexibility index (Phi) is 2.29. The third-order valence-electron chi connectivity index (χ3n) is 3.17. The van der Waals surface area contributed by atoms with Gasteiger partial charge < -0.3 is 20.4 Å². The van der Waals surface area contributed by atoms with Crippen LogP contribution in [0.2, 0.25) is 0 Å². The molecule has 0 radical (unpaired) electrons. The fourth-order valence-corrected chi connectivity index (χ4v) is 2.47. The van der Waals surface area contributed by atoms with E-state index in [1.807, 2.05) is 0 Å². The van der Waals surface area contributed by atoms with Gasteiger partial charge in [-0.3, -0.25) is 4.90 Å². The van der Waals surface area contributed by atoms with E-state index in [1.165, 1.54) is 0 Å². The van der Waals surface area contributed by atoms with Crippen LogP contribution in [0.3, 0.4) is 0 Å². The summed E-state index contributed by atoms with van der Waals surface area (Å²) in [6.07, 6.45) is -1.86.